The Labute approximate surface area is 185 Å². The smallest absolute Gasteiger partial charge is 0.255 e. The van der Waals surface area contributed by atoms with Crippen LogP contribution in [0.2, 0.25) is 0 Å². The van der Waals surface area contributed by atoms with Crippen molar-refractivity contribution in [2.45, 2.75) is 37.8 Å². The van der Waals surface area contributed by atoms with E-state index in [0.717, 1.165) is 11.8 Å². The van der Waals surface area contributed by atoms with Crippen LogP contribution in [-0.2, 0) is 21.2 Å². The molecule has 1 aliphatic rings. The molecule has 2 aromatic carbocycles. The molecule has 0 spiro atoms. The fourth-order valence-corrected chi connectivity index (χ4v) is 5.36. The van der Waals surface area contributed by atoms with E-state index in [4.69, 9.17) is 0 Å². The van der Waals surface area contributed by atoms with Gasteiger partial charge in [-0.25, -0.2) is 13.4 Å². The topological polar surface area (TPSA) is 96.4 Å². The van der Waals surface area contributed by atoms with Gasteiger partial charge in [-0.2, -0.15) is 0 Å². The first kappa shape index (κ1) is 21.5. The minimum atomic E-state index is -3.33. The molecule has 2 heterocycles. The molecule has 0 aliphatic carbocycles. The zero-order chi connectivity index (χ0) is 22.3. The number of aromatic nitrogens is 1. The van der Waals surface area contributed by atoms with Crippen LogP contribution >= 0.6 is 11.3 Å². The monoisotopic (exact) mass is 457 g/mol. The summed E-state index contributed by atoms with van der Waals surface area (Å²) < 4.78 is 24.3. The van der Waals surface area contributed by atoms with Gasteiger partial charge in [-0.05, 0) is 42.2 Å². The first-order chi connectivity index (χ1) is 14.6. The second-order valence-corrected chi connectivity index (χ2v) is 11.2. The van der Waals surface area contributed by atoms with E-state index >= 15 is 0 Å². The van der Waals surface area contributed by atoms with Crippen LogP contribution in [0.3, 0.4) is 0 Å². The van der Waals surface area contributed by atoms with Crippen LogP contribution < -0.4 is 5.32 Å². The van der Waals surface area contributed by atoms with Crippen LogP contribution in [0.4, 0.5) is 5.13 Å². The zero-order valence-corrected chi connectivity index (χ0v) is 19.1. The van der Waals surface area contributed by atoms with Crippen LogP contribution in [0.1, 0.15) is 36.2 Å². The number of benzene rings is 2. The predicted molar refractivity (Wildman–Crippen MR) is 121 cm³/mol. The maximum Gasteiger partial charge on any atom is 0.255 e. The van der Waals surface area contributed by atoms with E-state index in [1.165, 1.54) is 17.4 Å². The molecule has 31 heavy (non-hydrogen) atoms. The number of anilines is 1. The summed E-state index contributed by atoms with van der Waals surface area (Å²) in [5.74, 6) is -0.226. The van der Waals surface area contributed by atoms with E-state index in [0.29, 0.717) is 33.9 Å². The first-order valence-corrected chi connectivity index (χ1v) is 12.6. The molecule has 0 bridgehead atoms. The summed E-state index contributed by atoms with van der Waals surface area (Å²) in [4.78, 5) is 32.4. The van der Waals surface area contributed by atoms with Crippen LogP contribution in [0.15, 0.2) is 47.4 Å². The molecule has 0 saturated carbocycles. The first-order valence-electron chi connectivity index (χ1n) is 9.94. The molecule has 1 N–H and O–H groups in total. The lowest BCUT2D eigenvalue weighted by Gasteiger charge is -2.27. The highest BCUT2D eigenvalue weighted by atomic mass is 32.2. The number of hydrogen-bond acceptors (Lipinski definition) is 6. The average molecular weight is 458 g/mol. The molecule has 1 atom stereocenters. The molecular weight excluding hydrogens is 434 g/mol. The van der Waals surface area contributed by atoms with Gasteiger partial charge in [0.2, 0.25) is 5.91 Å². The maximum atomic E-state index is 13.2. The molecule has 1 aromatic heterocycles. The molecule has 162 valence electrons. The highest BCUT2D eigenvalue weighted by Gasteiger charge is 2.36. The molecule has 0 saturated heterocycles. The second-order valence-electron chi connectivity index (χ2n) is 8.15. The fourth-order valence-electron chi connectivity index (χ4n) is 3.73. The van der Waals surface area contributed by atoms with Gasteiger partial charge in [0.25, 0.3) is 5.91 Å². The van der Waals surface area contributed by atoms with Gasteiger partial charge in [0.15, 0.2) is 15.0 Å². The fraction of sp³-hybridized carbons (Fsp3) is 0.318. The number of fused-ring (bicyclic) bond motifs is 2. The Morgan fingerprint density at radius 2 is 1.97 bits per heavy atom. The van der Waals surface area contributed by atoms with Crippen molar-refractivity contribution in [2.24, 2.45) is 5.92 Å². The summed E-state index contributed by atoms with van der Waals surface area (Å²) in [6.45, 7) is 4.42. The molecule has 1 aliphatic heterocycles. The standard InChI is InChI=1S/C22H23N3O4S2/c1-13(2)10-18(25-12-14-6-4-5-7-16(14)21(25)27)20(26)24-22-23-17-9-8-15(31(3,28)29)11-19(17)30-22/h4-9,11,13,18H,10,12H2,1-3H3,(H,23,24,26). The molecule has 7 nitrogen and oxygen atoms in total. The van der Waals surface area contributed by atoms with Gasteiger partial charge in [-0.3, -0.25) is 9.59 Å². The van der Waals surface area contributed by atoms with Crippen molar-refractivity contribution >= 4 is 48.3 Å². The van der Waals surface area contributed by atoms with Crippen molar-refractivity contribution in [2.75, 3.05) is 11.6 Å². The minimum absolute atomic E-state index is 0.140. The number of rotatable bonds is 6. The summed E-state index contributed by atoms with van der Waals surface area (Å²) in [6, 6.07) is 11.5. The van der Waals surface area contributed by atoms with Crippen LogP contribution in [-0.4, -0.2) is 42.4 Å². The van der Waals surface area contributed by atoms with Gasteiger partial charge in [-0.15, -0.1) is 0 Å². The molecule has 3 aromatic rings. The van der Waals surface area contributed by atoms with Gasteiger partial charge in [0, 0.05) is 18.4 Å². The van der Waals surface area contributed by atoms with E-state index < -0.39 is 15.9 Å². The molecule has 4 rings (SSSR count). The SMILES string of the molecule is CC(C)CC(C(=O)Nc1nc2ccc(S(C)(=O)=O)cc2s1)N1Cc2ccccc2C1=O. The van der Waals surface area contributed by atoms with Crippen molar-refractivity contribution in [3.8, 4) is 0 Å². The Morgan fingerprint density at radius 1 is 1.23 bits per heavy atom. The quantitative estimate of drug-likeness (QED) is 0.609. The van der Waals surface area contributed by atoms with Crippen molar-refractivity contribution in [1.82, 2.24) is 9.88 Å². The van der Waals surface area contributed by atoms with Gasteiger partial charge in [0.05, 0.1) is 15.1 Å². The highest BCUT2D eigenvalue weighted by Crippen LogP contribution is 2.30. The number of thiazole rings is 1. The lowest BCUT2D eigenvalue weighted by atomic mass is 10.0. The van der Waals surface area contributed by atoms with Crippen molar-refractivity contribution in [3.63, 3.8) is 0 Å². The molecule has 2 amide bonds. The maximum absolute atomic E-state index is 13.2. The summed E-state index contributed by atoms with van der Waals surface area (Å²) in [7, 11) is -3.33. The zero-order valence-electron chi connectivity index (χ0n) is 17.5. The lowest BCUT2D eigenvalue weighted by molar-refractivity contribution is -0.121. The number of hydrogen-bond donors (Lipinski definition) is 1. The average Bonchev–Trinajstić information content (AvgIpc) is 3.25. The van der Waals surface area contributed by atoms with E-state index in [-0.39, 0.29) is 22.6 Å². The third kappa shape index (κ3) is 4.33. The number of carbonyl (C=O) groups excluding carboxylic acids is 2. The third-order valence-electron chi connectivity index (χ3n) is 5.24. The summed E-state index contributed by atoms with van der Waals surface area (Å²) in [5.41, 5.74) is 2.16. The Hall–Kier alpha value is -2.78. The van der Waals surface area contributed by atoms with Gasteiger partial charge in [-0.1, -0.05) is 43.4 Å². The summed E-state index contributed by atoms with van der Waals surface area (Å²) >= 11 is 1.21. The van der Waals surface area contributed by atoms with Gasteiger partial charge in [0.1, 0.15) is 6.04 Å². The Bertz CT molecular complexity index is 1280. The van der Waals surface area contributed by atoms with Crippen molar-refractivity contribution in [3.05, 3.63) is 53.6 Å². The Morgan fingerprint density at radius 3 is 2.65 bits per heavy atom. The largest absolute Gasteiger partial charge is 0.322 e. The van der Waals surface area contributed by atoms with Crippen molar-refractivity contribution < 1.29 is 18.0 Å². The van der Waals surface area contributed by atoms with E-state index in [2.05, 4.69) is 10.3 Å². The number of carbonyl (C=O) groups is 2. The van der Waals surface area contributed by atoms with E-state index in [1.807, 2.05) is 32.0 Å². The Kier molecular flexibility index (Phi) is 5.57. The second kappa shape index (κ2) is 8.05. The number of nitrogens with zero attached hydrogens (tertiary/aromatic N) is 2. The van der Waals surface area contributed by atoms with Crippen LogP contribution in [0.25, 0.3) is 10.2 Å². The molecule has 1 unspecified atom stereocenters. The Balaban J connectivity index is 1.59. The highest BCUT2D eigenvalue weighted by molar-refractivity contribution is 7.90. The number of amides is 2. The van der Waals surface area contributed by atoms with Crippen LogP contribution in [0, 0.1) is 5.92 Å². The lowest BCUT2D eigenvalue weighted by Crippen LogP contribution is -2.45. The predicted octanol–water partition coefficient (Wildman–Crippen LogP) is 3.71. The molecule has 0 radical (unpaired) electrons. The number of nitrogens with one attached hydrogen (secondary N) is 1. The minimum Gasteiger partial charge on any atom is -0.322 e. The van der Waals surface area contributed by atoms with E-state index in [1.54, 1.807) is 23.1 Å². The number of sulfone groups is 1. The van der Waals surface area contributed by atoms with Crippen molar-refractivity contribution in [1.29, 1.82) is 0 Å². The summed E-state index contributed by atoms with van der Waals surface area (Å²) in [6.07, 6.45) is 1.67. The normalized spacial score (nSPS) is 14.8. The summed E-state index contributed by atoms with van der Waals surface area (Å²) in [5, 5.41) is 3.22. The van der Waals surface area contributed by atoms with Gasteiger partial charge < -0.3 is 10.2 Å². The van der Waals surface area contributed by atoms with Gasteiger partial charge >= 0.3 is 0 Å². The molecule has 9 heteroatoms. The molecular formula is C22H23N3O4S2. The third-order valence-corrected chi connectivity index (χ3v) is 7.28. The van der Waals surface area contributed by atoms with E-state index in [9.17, 15) is 18.0 Å². The molecule has 0 fully saturated rings. The van der Waals surface area contributed by atoms with Crippen LogP contribution in [0.5, 0.6) is 0 Å².